The number of amides is 1. The zero-order chi connectivity index (χ0) is 13.0. The van der Waals surface area contributed by atoms with E-state index < -0.39 is 0 Å². The van der Waals surface area contributed by atoms with Gasteiger partial charge in [0.25, 0.3) is 0 Å². The zero-order valence-corrected chi connectivity index (χ0v) is 11.5. The highest BCUT2D eigenvalue weighted by atomic mass is 32.2. The Kier molecular flexibility index (Phi) is 4.22. The normalized spacial score (nSPS) is 10.3. The van der Waals surface area contributed by atoms with E-state index in [1.807, 2.05) is 31.2 Å². The van der Waals surface area contributed by atoms with Crippen molar-refractivity contribution in [3.8, 4) is 0 Å². The Morgan fingerprint density at radius 1 is 1.44 bits per heavy atom. The van der Waals surface area contributed by atoms with Crippen molar-refractivity contribution in [3.63, 3.8) is 0 Å². The van der Waals surface area contributed by atoms with E-state index in [1.54, 1.807) is 6.20 Å². The van der Waals surface area contributed by atoms with Gasteiger partial charge < -0.3 is 11.1 Å². The molecule has 0 atom stereocenters. The lowest BCUT2D eigenvalue weighted by Gasteiger charge is -2.04. The summed E-state index contributed by atoms with van der Waals surface area (Å²) in [7, 11) is 0. The summed E-state index contributed by atoms with van der Waals surface area (Å²) in [5, 5.41) is 3.36. The number of rotatable bonds is 4. The minimum atomic E-state index is -0.0316. The molecule has 4 nitrogen and oxygen atoms in total. The van der Waals surface area contributed by atoms with Gasteiger partial charge in [-0.05, 0) is 19.1 Å². The van der Waals surface area contributed by atoms with Crippen molar-refractivity contribution in [2.24, 2.45) is 0 Å². The summed E-state index contributed by atoms with van der Waals surface area (Å²) < 4.78 is 0.951. The molecule has 94 valence electrons. The van der Waals surface area contributed by atoms with Crippen molar-refractivity contribution < 1.29 is 4.79 Å². The Hall–Kier alpha value is -1.53. The van der Waals surface area contributed by atoms with Gasteiger partial charge in [-0.2, -0.15) is 0 Å². The Balaban J connectivity index is 1.83. The molecule has 0 fully saturated rings. The number of aromatic nitrogens is 1. The van der Waals surface area contributed by atoms with Gasteiger partial charge in [-0.3, -0.25) is 4.79 Å². The fraction of sp³-hybridized carbons (Fsp3) is 0.167. The standard InChI is InChI=1S/C12H13N3OS2/c1-8-2-4-9(5-3-8)15-10(16)7-17-11-6-14-12(13)18-11/h2-6H,7H2,1H3,(H2,13,14)(H,15,16). The number of carbonyl (C=O) groups excluding carboxylic acids is 1. The third kappa shape index (κ3) is 3.75. The van der Waals surface area contributed by atoms with Crippen LogP contribution in [0.3, 0.4) is 0 Å². The Morgan fingerprint density at radius 2 is 2.17 bits per heavy atom. The Morgan fingerprint density at radius 3 is 2.78 bits per heavy atom. The van der Waals surface area contributed by atoms with Crippen LogP contribution in [0.4, 0.5) is 10.8 Å². The van der Waals surface area contributed by atoms with Gasteiger partial charge in [0, 0.05) is 5.69 Å². The van der Waals surface area contributed by atoms with E-state index in [-0.39, 0.29) is 5.91 Å². The van der Waals surface area contributed by atoms with Crippen LogP contribution < -0.4 is 11.1 Å². The molecule has 6 heteroatoms. The number of thiazole rings is 1. The van der Waals surface area contributed by atoms with Crippen LogP contribution in [0.2, 0.25) is 0 Å². The molecule has 0 spiro atoms. The average Bonchev–Trinajstić information content (AvgIpc) is 2.76. The second kappa shape index (κ2) is 5.88. The van der Waals surface area contributed by atoms with Crippen molar-refractivity contribution >= 4 is 39.8 Å². The number of thioether (sulfide) groups is 1. The summed E-state index contributed by atoms with van der Waals surface area (Å²) in [4.78, 5) is 15.6. The molecular weight excluding hydrogens is 266 g/mol. The van der Waals surface area contributed by atoms with Gasteiger partial charge in [0.2, 0.25) is 5.91 Å². The van der Waals surface area contributed by atoms with Gasteiger partial charge in [0.15, 0.2) is 5.13 Å². The number of nitrogens with one attached hydrogen (secondary N) is 1. The van der Waals surface area contributed by atoms with Gasteiger partial charge in [0.05, 0.1) is 16.2 Å². The van der Waals surface area contributed by atoms with Gasteiger partial charge in [-0.15, -0.1) is 11.8 Å². The summed E-state index contributed by atoms with van der Waals surface area (Å²) in [6.45, 7) is 2.01. The Labute approximate surface area is 114 Å². The number of nitrogens with zero attached hydrogens (tertiary/aromatic N) is 1. The van der Waals surface area contributed by atoms with Crippen LogP contribution in [-0.4, -0.2) is 16.6 Å². The first kappa shape index (κ1) is 12.9. The molecule has 0 saturated carbocycles. The average molecular weight is 279 g/mol. The lowest BCUT2D eigenvalue weighted by atomic mass is 10.2. The van der Waals surface area contributed by atoms with Crippen LogP contribution in [0, 0.1) is 6.92 Å². The molecule has 0 aliphatic carbocycles. The predicted octanol–water partition coefficient (Wildman–Crippen LogP) is 2.76. The van der Waals surface area contributed by atoms with Crippen molar-refractivity contribution in [1.29, 1.82) is 0 Å². The summed E-state index contributed by atoms with van der Waals surface area (Å²) >= 11 is 2.82. The summed E-state index contributed by atoms with van der Waals surface area (Å²) in [5.74, 6) is 0.325. The smallest absolute Gasteiger partial charge is 0.234 e. The predicted molar refractivity (Wildman–Crippen MR) is 77.1 cm³/mol. The lowest BCUT2D eigenvalue weighted by molar-refractivity contribution is -0.113. The lowest BCUT2D eigenvalue weighted by Crippen LogP contribution is -2.13. The number of hydrogen-bond donors (Lipinski definition) is 2. The number of nitrogens with two attached hydrogens (primary N) is 1. The first-order chi connectivity index (χ1) is 8.63. The molecule has 0 bridgehead atoms. The van der Waals surface area contributed by atoms with Gasteiger partial charge in [-0.1, -0.05) is 29.0 Å². The van der Waals surface area contributed by atoms with Gasteiger partial charge >= 0.3 is 0 Å². The number of aryl methyl sites for hydroxylation is 1. The minimum Gasteiger partial charge on any atom is -0.375 e. The number of hydrogen-bond acceptors (Lipinski definition) is 5. The van der Waals surface area contributed by atoms with Crippen molar-refractivity contribution in [2.45, 2.75) is 11.1 Å². The summed E-state index contributed by atoms with van der Waals surface area (Å²) in [6, 6.07) is 7.71. The first-order valence-electron chi connectivity index (χ1n) is 5.34. The summed E-state index contributed by atoms with van der Waals surface area (Å²) in [6.07, 6.45) is 1.68. The van der Waals surface area contributed by atoms with E-state index in [2.05, 4.69) is 10.3 Å². The second-order valence-corrected chi connectivity index (χ2v) is 6.06. The molecule has 2 rings (SSSR count). The highest BCUT2D eigenvalue weighted by Crippen LogP contribution is 2.26. The molecular formula is C12H13N3OS2. The third-order valence-electron chi connectivity index (χ3n) is 2.18. The third-order valence-corrected chi connectivity index (χ3v) is 4.20. The quantitative estimate of drug-likeness (QED) is 0.844. The largest absolute Gasteiger partial charge is 0.375 e. The van der Waals surface area contributed by atoms with Crippen LogP contribution in [0.1, 0.15) is 5.56 Å². The van der Waals surface area contributed by atoms with Gasteiger partial charge in [-0.25, -0.2) is 4.98 Å². The topological polar surface area (TPSA) is 68.0 Å². The second-order valence-electron chi connectivity index (χ2n) is 3.72. The maximum absolute atomic E-state index is 11.7. The molecule has 0 aliphatic rings. The molecule has 3 N–H and O–H groups in total. The van der Waals surface area contributed by atoms with Gasteiger partial charge in [0.1, 0.15) is 0 Å². The maximum Gasteiger partial charge on any atom is 0.234 e. The SMILES string of the molecule is Cc1ccc(NC(=O)CSc2cnc(N)s2)cc1. The van der Waals surface area contributed by atoms with Crippen molar-refractivity contribution in [2.75, 3.05) is 16.8 Å². The minimum absolute atomic E-state index is 0.0316. The van der Waals surface area contributed by atoms with Crippen molar-refractivity contribution in [1.82, 2.24) is 4.98 Å². The molecule has 0 aliphatic heterocycles. The van der Waals surface area contributed by atoms with E-state index in [0.717, 1.165) is 9.90 Å². The molecule has 1 amide bonds. The van der Waals surface area contributed by atoms with Crippen LogP contribution in [-0.2, 0) is 4.79 Å². The number of carbonyl (C=O) groups is 1. The monoisotopic (exact) mass is 279 g/mol. The molecule has 18 heavy (non-hydrogen) atoms. The molecule has 0 saturated heterocycles. The molecule has 1 aromatic heterocycles. The molecule has 2 aromatic rings. The highest BCUT2D eigenvalue weighted by molar-refractivity contribution is 8.01. The molecule has 1 heterocycles. The van der Waals surface area contributed by atoms with Crippen LogP contribution >= 0.6 is 23.1 Å². The van der Waals surface area contributed by atoms with E-state index in [0.29, 0.717) is 10.9 Å². The van der Waals surface area contributed by atoms with E-state index in [1.165, 1.54) is 28.7 Å². The number of nitrogen functional groups attached to an aromatic ring is 1. The Bertz CT molecular complexity index is 537. The van der Waals surface area contributed by atoms with Crippen LogP contribution in [0.5, 0.6) is 0 Å². The van der Waals surface area contributed by atoms with E-state index in [9.17, 15) is 4.79 Å². The van der Waals surface area contributed by atoms with E-state index in [4.69, 9.17) is 5.73 Å². The molecule has 0 radical (unpaired) electrons. The zero-order valence-electron chi connectivity index (χ0n) is 9.84. The number of anilines is 2. The fourth-order valence-corrected chi connectivity index (χ4v) is 2.87. The van der Waals surface area contributed by atoms with Crippen LogP contribution in [0.15, 0.2) is 34.7 Å². The maximum atomic E-state index is 11.7. The van der Waals surface area contributed by atoms with E-state index >= 15 is 0 Å². The highest BCUT2D eigenvalue weighted by Gasteiger charge is 2.05. The molecule has 0 unspecified atom stereocenters. The first-order valence-corrected chi connectivity index (χ1v) is 7.14. The summed E-state index contributed by atoms with van der Waals surface area (Å²) in [5.41, 5.74) is 7.50. The van der Waals surface area contributed by atoms with Crippen molar-refractivity contribution in [3.05, 3.63) is 36.0 Å². The fourth-order valence-electron chi connectivity index (χ4n) is 1.31. The number of benzene rings is 1. The van der Waals surface area contributed by atoms with Crippen LogP contribution in [0.25, 0.3) is 0 Å². The molecule has 1 aromatic carbocycles.